The quantitative estimate of drug-likeness (QED) is 0.867. The van der Waals surface area contributed by atoms with Gasteiger partial charge in [0.25, 0.3) is 11.5 Å². The Hall–Kier alpha value is -1.82. The van der Waals surface area contributed by atoms with E-state index in [1.54, 1.807) is 30.5 Å². The molecule has 1 unspecified atom stereocenters. The summed E-state index contributed by atoms with van der Waals surface area (Å²) in [6.07, 6.45) is 2.54. The van der Waals surface area contributed by atoms with Crippen LogP contribution in [-0.2, 0) is 11.3 Å². The first-order valence-electron chi connectivity index (χ1n) is 8.04. The van der Waals surface area contributed by atoms with Gasteiger partial charge in [-0.25, -0.2) is 0 Å². The van der Waals surface area contributed by atoms with Crippen molar-refractivity contribution in [2.75, 3.05) is 19.8 Å². The van der Waals surface area contributed by atoms with Gasteiger partial charge in [-0.1, -0.05) is 29.3 Å². The van der Waals surface area contributed by atoms with E-state index in [1.807, 2.05) is 0 Å². The van der Waals surface area contributed by atoms with E-state index in [-0.39, 0.29) is 23.6 Å². The molecule has 0 radical (unpaired) electrons. The average molecular weight is 381 g/mol. The van der Waals surface area contributed by atoms with Gasteiger partial charge in [0.2, 0.25) is 0 Å². The van der Waals surface area contributed by atoms with Gasteiger partial charge >= 0.3 is 0 Å². The highest BCUT2D eigenvalue weighted by molar-refractivity contribution is 6.35. The normalized spacial score (nSPS) is 16.8. The molecule has 1 aliphatic heterocycles. The molecule has 1 aromatic carbocycles. The molecule has 1 saturated heterocycles. The van der Waals surface area contributed by atoms with Crippen LogP contribution < -0.4 is 10.9 Å². The molecule has 2 heterocycles. The minimum absolute atomic E-state index is 0.101. The molecule has 0 bridgehead atoms. The van der Waals surface area contributed by atoms with Gasteiger partial charge < -0.3 is 14.6 Å². The minimum atomic E-state index is -0.378. The number of carbonyl (C=O) groups is 1. The number of aromatic nitrogens is 1. The Morgan fingerprint density at radius 1 is 1.24 bits per heavy atom. The summed E-state index contributed by atoms with van der Waals surface area (Å²) in [5.41, 5.74) is 0.372. The number of pyridine rings is 1. The van der Waals surface area contributed by atoms with Gasteiger partial charge in [-0.05, 0) is 30.7 Å². The molecule has 1 aromatic heterocycles. The number of carbonyl (C=O) groups excluding carboxylic acids is 1. The first kappa shape index (κ1) is 18.0. The molecule has 25 heavy (non-hydrogen) atoms. The maximum atomic E-state index is 12.6. The zero-order valence-electron chi connectivity index (χ0n) is 13.5. The molecule has 7 heteroatoms. The Labute approximate surface area is 155 Å². The highest BCUT2D eigenvalue weighted by atomic mass is 35.5. The Bertz CT molecular complexity index is 809. The number of amides is 1. The second kappa shape index (κ2) is 8.04. The Morgan fingerprint density at radius 3 is 2.68 bits per heavy atom. The van der Waals surface area contributed by atoms with E-state index < -0.39 is 0 Å². The van der Waals surface area contributed by atoms with Crippen LogP contribution in [0.3, 0.4) is 0 Å². The lowest BCUT2D eigenvalue weighted by Crippen LogP contribution is -2.35. The molecular formula is C18H18Cl2N2O3. The van der Waals surface area contributed by atoms with Crippen molar-refractivity contribution in [3.05, 3.63) is 68.1 Å². The van der Waals surface area contributed by atoms with Crippen molar-refractivity contribution < 1.29 is 9.53 Å². The molecular weight excluding hydrogens is 363 g/mol. The third-order valence-corrected chi connectivity index (χ3v) is 4.94. The molecule has 1 atom stereocenters. The SMILES string of the molecule is O=C(NCC1CCOC1)c1cccn(Cc2c(Cl)cccc2Cl)c1=O. The minimum Gasteiger partial charge on any atom is -0.381 e. The van der Waals surface area contributed by atoms with E-state index in [1.165, 1.54) is 10.6 Å². The van der Waals surface area contributed by atoms with Crippen molar-refractivity contribution >= 4 is 29.1 Å². The highest BCUT2D eigenvalue weighted by Gasteiger charge is 2.18. The van der Waals surface area contributed by atoms with Gasteiger partial charge in [-0.15, -0.1) is 0 Å². The van der Waals surface area contributed by atoms with Crippen LogP contribution in [0.4, 0.5) is 0 Å². The zero-order chi connectivity index (χ0) is 17.8. The molecule has 0 spiro atoms. The second-order valence-electron chi connectivity index (χ2n) is 5.99. The predicted molar refractivity (Wildman–Crippen MR) is 97.5 cm³/mol. The largest absolute Gasteiger partial charge is 0.381 e. The summed E-state index contributed by atoms with van der Waals surface area (Å²) in [6.45, 7) is 2.07. The third-order valence-electron chi connectivity index (χ3n) is 4.23. The van der Waals surface area contributed by atoms with Crippen LogP contribution in [0.5, 0.6) is 0 Å². The smallest absolute Gasteiger partial charge is 0.263 e. The second-order valence-corrected chi connectivity index (χ2v) is 6.81. The molecule has 3 rings (SSSR count). The van der Waals surface area contributed by atoms with Crippen molar-refractivity contribution in [1.82, 2.24) is 9.88 Å². The fraction of sp³-hybridized carbons (Fsp3) is 0.333. The highest BCUT2D eigenvalue weighted by Crippen LogP contribution is 2.24. The lowest BCUT2D eigenvalue weighted by molar-refractivity contribution is 0.0943. The van der Waals surface area contributed by atoms with E-state index in [4.69, 9.17) is 27.9 Å². The number of benzene rings is 1. The summed E-state index contributed by atoms with van der Waals surface area (Å²) in [5, 5.41) is 3.78. The first-order chi connectivity index (χ1) is 12.1. The monoisotopic (exact) mass is 380 g/mol. The fourth-order valence-corrected chi connectivity index (χ4v) is 3.28. The van der Waals surface area contributed by atoms with E-state index in [9.17, 15) is 9.59 Å². The molecule has 2 aromatic rings. The summed E-state index contributed by atoms with van der Waals surface area (Å²) in [6, 6.07) is 8.36. The van der Waals surface area contributed by atoms with Crippen LogP contribution in [0.2, 0.25) is 10.0 Å². The third kappa shape index (κ3) is 4.24. The molecule has 1 fully saturated rings. The van der Waals surface area contributed by atoms with Crippen molar-refractivity contribution in [2.24, 2.45) is 5.92 Å². The van der Waals surface area contributed by atoms with Crippen LogP contribution in [0.15, 0.2) is 41.3 Å². The zero-order valence-corrected chi connectivity index (χ0v) is 15.0. The summed E-state index contributed by atoms with van der Waals surface area (Å²) in [4.78, 5) is 25.0. The average Bonchev–Trinajstić information content (AvgIpc) is 3.11. The summed E-state index contributed by atoms with van der Waals surface area (Å²) < 4.78 is 6.72. The topological polar surface area (TPSA) is 60.3 Å². The number of nitrogens with zero attached hydrogens (tertiary/aromatic N) is 1. The molecule has 5 nitrogen and oxygen atoms in total. The predicted octanol–water partition coefficient (Wildman–Crippen LogP) is 2.97. The molecule has 1 aliphatic rings. The Kier molecular flexibility index (Phi) is 5.78. The van der Waals surface area contributed by atoms with Crippen LogP contribution in [0.1, 0.15) is 22.3 Å². The number of nitrogens with one attached hydrogen (secondary N) is 1. The van der Waals surface area contributed by atoms with Gasteiger partial charge in [-0.3, -0.25) is 9.59 Å². The fourth-order valence-electron chi connectivity index (χ4n) is 2.76. The first-order valence-corrected chi connectivity index (χ1v) is 8.80. The Balaban J connectivity index is 1.77. The van der Waals surface area contributed by atoms with E-state index in [0.717, 1.165) is 13.0 Å². The number of ether oxygens (including phenoxy) is 1. The lowest BCUT2D eigenvalue weighted by atomic mass is 10.1. The Morgan fingerprint density at radius 2 is 2.00 bits per heavy atom. The molecule has 132 valence electrons. The van der Waals surface area contributed by atoms with E-state index in [2.05, 4.69) is 5.32 Å². The van der Waals surface area contributed by atoms with Crippen LogP contribution in [0.25, 0.3) is 0 Å². The van der Waals surface area contributed by atoms with Gasteiger partial charge in [0.05, 0.1) is 13.2 Å². The van der Waals surface area contributed by atoms with E-state index >= 15 is 0 Å². The van der Waals surface area contributed by atoms with Gasteiger partial charge in [0.1, 0.15) is 5.56 Å². The molecule has 1 N–H and O–H groups in total. The number of halogens is 2. The molecule has 1 amide bonds. The lowest BCUT2D eigenvalue weighted by Gasteiger charge is -2.12. The maximum absolute atomic E-state index is 12.6. The molecule has 0 saturated carbocycles. The molecule has 0 aliphatic carbocycles. The van der Waals surface area contributed by atoms with Crippen molar-refractivity contribution in [3.63, 3.8) is 0 Å². The summed E-state index contributed by atoms with van der Waals surface area (Å²) in [7, 11) is 0. The van der Waals surface area contributed by atoms with Gasteiger partial charge in [0.15, 0.2) is 0 Å². The van der Waals surface area contributed by atoms with Gasteiger partial charge in [0, 0.05) is 40.9 Å². The maximum Gasteiger partial charge on any atom is 0.263 e. The van der Waals surface area contributed by atoms with Crippen molar-refractivity contribution in [3.8, 4) is 0 Å². The van der Waals surface area contributed by atoms with Crippen LogP contribution in [-0.4, -0.2) is 30.2 Å². The van der Waals surface area contributed by atoms with Crippen molar-refractivity contribution in [2.45, 2.75) is 13.0 Å². The van der Waals surface area contributed by atoms with Crippen LogP contribution >= 0.6 is 23.2 Å². The summed E-state index contributed by atoms with van der Waals surface area (Å²) >= 11 is 12.3. The number of hydrogen-bond acceptors (Lipinski definition) is 3. The summed E-state index contributed by atoms with van der Waals surface area (Å²) in [5.74, 6) is -0.0756. The van der Waals surface area contributed by atoms with Gasteiger partial charge in [-0.2, -0.15) is 0 Å². The van der Waals surface area contributed by atoms with E-state index in [0.29, 0.717) is 34.7 Å². The number of hydrogen-bond donors (Lipinski definition) is 1. The number of rotatable bonds is 5. The van der Waals surface area contributed by atoms with Crippen molar-refractivity contribution in [1.29, 1.82) is 0 Å². The van der Waals surface area contributed by atoms with Crippen LogP contribution in [0, 0.1) is 5.92 Å². The standard InChI is InChI=1S/C18H18Cl2N2O3/c19-15-4-1-5-16(20)14(15)10-22-7-2-3-13(18(22)24)17(23)21-9-12-6-8-25-11-12/h1-5,7,12H,6,8-11H2,(H,21,23).